The Labute approximate surface area is 108 Å². The van der Waals surface area contributed by atoms with Gasteiger partial charge in [0, 0.05) is 28.1 Å². The van der Waals surface area contributed by atoms with Crippen molar-refractivity contribution in [2.75, 3.05) is 11.5 Å². The zero-order valence-electron chi connectivity index (χ0n) is 10.9. The van der Waals surface area contributed by atoms with E-state index in [1.807, 2.05) is 6.92 Å². The Morgan fingerprint density at radius 1 is 1.41 bits per heavy atom. The minimum Gasteiger partial charge on any atom is -0.308 e. The van der Waals surface area contributed by atoms with Crippen LogP contribution < -0.4 is 5.32 Å². The molecule has 0 aliphatic carbocycles. The van der Waals surface area contributed by atoms with Gasteiger partial charge in [-0.3, -0.25) is 0 Å². The van der Waals surface area contributed by atoms with Crippen LogP contribution in [0.15, 0.2) is 6.07 Å². The molecule has 0 aliphatic heterocycles. The highest BCUT2D eigenvalue weighted by Crippen LogP contribution is 2.20. The van der Waals surface area contributed by atoms with Crippen LogP contribution >= 0.6 is 11.3 Å². The third kappa shape index (κ3) is 4.77. The van der Waals surface area contributed by atoms with Crippen molar-refractivity contribution in [2.45, 2.75) is 40.3 Å². The van der Waals surface area contributed by atoms with Crippen LogP contribution in [-0.4, -0.2) is 26.0 Å². The van der Waals surface area contributed by atoms with Gasteiger partial charge < -0.3 is 5.32 Å². The zero-order valence-corrected chi connectivity index (χ0v) is 12.5. The molecule has 0 saturated carbocycles. The van der Waals surface area contributed by atoms with Gasteiger partial charge in [-0.15, -0.1) is 11.3 Å². The van der Waals surface area contributed by atoms with Gasteiger partial charge in [0.2, 0.25) is 0 Å². The lowest BCUT2D eigenvalue weighted by Gasteiger charge is -2.12. The quantitative estimate of drug-likeness (QED) is 0.866. The van der Waals surface area contributed by atoms with Crippen LogP contribution in [-0.2, 0) is 16.4 Å². The molecule has 1 N–H and O–H groups in total. The van der Waals surface area contributed by atoms with E-state index >= 15 is 0 Å². The molecule has 0 saturated heterocycles. The SMILES string of the molecule is CCS(=O)(=O)CC(C)NCc1cc(C)c(C)s1. The Balaban J connectivity index is 2.46. The van der Waals surface area contributed by atoms with E-state index in [0.717, 1.165) is 6.54 Å². The highest BCUT2D eigenvalue weighted by atomic mass is 32.2. The van der Waals surface area contributed by atoms with Crippen LogP contribution in [0, 0.1) is 13.8 Å². The first-order valence-electron chi connectivity index (χ1n) is 5.83. The van der Waals surface area contributed by atoms with E-state index in [1.165, 1.54) is 15.3 Å². The molecule has 98 valence electrons. The average Bonchev–Trinajstić information content (AvgIpc) is 2.55. The van der Waals surface area contributed by atoms with Gasteiger partial charge in [0.25, 0.3) is 0 Å². The molecule has 1 atom stereocenters. The number of hydrogen-bond acceptors (Lipinski definition) is 4. The van der Waals surface area contributed by atoms with Crippen LogP contribution in [0.1, 0.15) is 29.2 Å². The summed E-state index contributed by atoms with van der Waals surface area (Å²) >= 11 is 1.77. The molecule has 0 fully saturated rings. The molecular formula is C12H21NO2S2. The summed E-state index contributed by atoms with van der Waals surface area (Å²) in [5.74, 6) is 0.434. The summed E-state index contributed by atoms with van der Waals surface area (Å²) in [5.41, 5.74) is 1.31. The second-order valence-electron chi connectivity index (χ2n) is 4.43. The topological polar surface area (TPSA) is 46.2 Å². The molecule has 0 amide bonds. The second kappa shape index (κ2) is 5.98. The minimum atomic E-state index is -2.89. The fourth-order valence-corrected chi connectivity index (χ4v) is 3.69. The van der Waals surface area contributed by atoms with Crippen LogP contribution in [0.25, 0.3) is 0 Å². The molecule has 0 radical (unpaired) electrons. The Morgan fingerprint density at radius 3 is 2.53 bits per heavy atom. The van der Waals surface area contributed by atoms with Gasteiger partial charge in [0.05, 0.1) is 5.75 Å². The molecule has 0 aliphatic rings. The number of sulfone groups is 1. The molecule has 0 spiro atoms. The van der Waals surface area contributed by atoms with Gasteiger partial charge in [-0.1, -0.05) is 6.92 Å². The van der Waals surface area contributed by atoms with E-state index in [1.54, 1.807) is 18.3 Å². The molecule has 0 aromatic carbocycles. The maximum Gasteiger partial charge on any atom is 0.151 e. The van der Waals surface area contributed by atoms with E-state index in [0.29, 0.717) is 0 Å². The molecule has 3 nitrogen and oxygen atoms in total. The van der Waals surface area contributed by atoms with E-state index in [9.17, 15) is 8.42 Å². The summed E-state index contributed by atoms with van der Waals surface area (Å²) in [6.07, 6.45) is 0. The predicted molar refractivity (Wildman–Crippen MR) is 74.4 cm³/mol. The van der Waals surface area contributed by atoms with E-state index in [4.69, 9.17) is 0 Å². The van der Waals surface area contributed by atoms with Gasteiger partial charge in [-0.25, -0.2) is 8.42 Å². The lowest BCUT2D eigenvalue weighted by molar-refractivity contribution is 0.559. The average molecular weight is 275 g/mol. The van der Waals surface area contributed by atoms with Gasteiger partial charge in [0.1, 0.15) is 0 Å². The van der Waals surface area contributed by atoms with Crippen molar-refractivity contribution in [3.63, 3.8) is 0 Å². The normalized spacial score (nSPS) is 13.9. The van der Waals surface area contributed by atoms with Crippen LogP contribution in [0.2, 0.25) is 0 Å². The maximum absolute atomic E-state index is 11.4. The van der Waals surface area contributed by atoms with Gasteiger partial charge >= 0.3 is 0 Å². The van der Waals surface area contributed by atoms with Crippen molar-refractivity contribution >= 4 is 21.2 Å². The van der Waals surface area contributed by atoms with E-state index in [2.05, 4.69) is 25.2 Å². The first-order valence-corrected chi connectivity index (χ1v) is 8.47. The molecule has 1 unspecified atom stereocenters. The van der Waals surface area contributed by atoms with Crippen LogP contribution in [0.3, 0.4) is 0 Å². The number of rotatable bonds is 6. The Hall–Kier alpha value is -0.390. The monoisotopic (exact) mass is 275 g/mol. The van der Waals surface area contributed by atoms with Crippen molar-refractivity contribution < 1.29 is 8.42 Å². The van der Waals surface area contributed by atoms with Gasteiger partial charge in [-0.05, 0) is 32.4 Å². The second-order valence-corrected chi connectivity index (χ2v) is 8.17. The van der Waals surface area contributed by atoms with E-state index < -0.39 is 9.84 Å². The summed E-state index contributed by atoms with van der Waals surface area (Å²) in [5, 5.41) is 3.26. The Bertz CT molecular complexity index is 443. The van der Waals surface area contributed by atoms with Gasteiger partial charge in [0.15, 0.2) is 9.84 Å². The first kappa shape index (κ1) is 14.7. The van der Waals surface area contributed by atoms with E-state index in [-0.39, 0.29) is 17.5 Å². The largest absolute Gasteiger partial charge is 0.308 e. The molecule has 1 heterocycles. The molecule has 1 aromatic rings. The molecule has 1 rings (SSSR count). The van der Waals surface area contributed by atoms with Crippen molar-refractivity contribution in [1.29, 1.82) is 0 Å². The minimum absolute atomic E-state index is 0.00247. The summed E-state index contributed by atoms with van der Waals surface area (Å²) in [6.45, 7) is 8.56. The third-order valence-electron chi connectivity index (χ3n) is 2.79. The fraction of sp³-hybridized carbons (Fsp3) is 0.667. The lowest BCUT2D eigenvalue weighted by atomic mass is 10.3. The highest BCUT2D eigenvalue weighted by Gasteiger charge is 2.13. The van der Waals surface area contributed by atoms with Crippen LogP contribution in [0.5, 0.6) is 0 Å². The van der Waals surface area contributed by atoms with Crippen molar-refractivity contribution in [2.24, 2.45) is 0 Å². The first-order chi connectivity index (χ1) is 7.84. The number of nitrogens with one attached hydrogen (secondary N) is 1. The Morgan fingerprint density at radius 2 is 2.06 bits per heavy atom. The third-order valence-corrected chi connectivity index (χ3v) is 5.83. The summed E-state index contributed by atoms with van der Waals surface area (Å²) in [7, 11) is -2.89. The molecule has 0 bridgehead atoms. The summed E-state index contributed by atoms with van der Waals surface area (Å²) in [4.78, 5) is 2.59. The molecule has 5 heteroatoms. The smallest absolute Gasteiger partial charge is 0.151 e. The standard InChI is InChI=1S/C12H21NO2S2/c1-5-17(14,15)8-10(3)13-7-12-6-9(2)11(4)16-12/h6,10,13H,5,7-8H2,1-4H3. The Kier molecular flexibility index (Phi) is 5.16. The highest BCUT2D eigenvalue weighted by molar-refractivity contribution is 7.91. The molecular weight excluding hydrogens is 254 g/mol. The summed E-state index contributed by atoms with van der Waals surface area (Å²) in [6, 6.07) is 2.16. The zero-order chi connectivity index (χ0) is 13.1. The number of thiophene rings is 1. The predicted octanol–water partition coefficient (Wildman–Crippen LogP) is 2.28. The fourth-order valence-electron chi connectivity index (χ4n) is 1.57. The summed E-state index contributed by atoms with van der Waals surface area (Å²) < 4.78 is 22.9. The number of aryl methyl sites for hydroxylation is 2. The molecule has 17 heavy (non-hydrogen) atoms. The lowest BCUT2D eigenvalue weighted by Crippen LogP contribution is -2.32. The van der Waals surface area contributed by atoms with Crippen molar-refractivity contribution in [3.05, 3.63) is 21.4 Å². The van der Waals surface area contributed by atoms with Crippen molar-refractivity contribution in [1.82, 2.24) is 5.32 Å². The molecule has 1 aromatic heterocycles. The van der Waals surface area contributed by atoms with Crippen molar-refractivity contribution in [3.8, 4) is 0 Å². The maximum atomic E-state index is 11.4. The number of hydrogen-bond donors (Lipinski definition) is 1. The van der Waals surface area contributed by atoms with Crippen LogP contribution in [0.4, 0.5) is 0 Å². The van der Waals surface area contributed by atoms with Gasteiger partial charge in [-0.2, -0.15) is 0 Å².